The molecular weight excluding hydrogens is 432 g/mol. The summed E-state index contributed by atoms with van der Waals surface area (Å²) in [5.74, 6) is 0.736. The van der Waals surface area contributed by atoms with Crippen molar-refractivity contribution >= 4 is 44.5 Å². The largest absolute Gasteiger partial charge is 0.330 e. The van der Waals surface area contributed by atoms with E-state index in [-0.39, 0.29) is 5.24 Å². The molecule has 0 saturated carbocycles. The Morgan fingerprint density at radius 2 is 2.04 bits per heavy atom. The highest BCUT2D eigenvalue weighted by Gasteiger charge is 2.32. The van der Waals surface area contributed by atoms with Crippen molar-refractivity contribution in [3.05, 3.63) is 33.3 Å². The quantitative estimate of drug-likeness (QED) is 0.545. The van der Waals surface area contributed by atoms with Gasteiger partial charge in [0, 0.05) is 27.3 Å². The predicted molar refractivity (Wildman–Crippen MR) is 115 cm³/mol. The number of amides is 1. The lowest BCUT2D eigenvalue weighted by atomic mass is 9.90. The van der Waals surface area contributed by atoms with Gasteiger partial charge >= 0.3 is 0 Å². The average molecular weight is 460 g/mol. The minimum absolute atomic E-state index is 0.260. The molecule has 1 amide bonds. The van der Waals surface area contributed by atoms with Gasteiger partial charge in [0.05, 0.1) is 0 Å². The third kappa shape index (κ3) is 5.40. The maximum absolute atomic E-state index is 12.0. The second-order valence-electron chi connectivity index (χ2n) is 7.77. The van der Waals surface area contributed by atoms with E-state index >= 15 is 0 Å². The van der Waals surface area contributed by atoms with E-state index in [1.165, 1.54) is 47.7 Å². The molecule has 2 aliphatic heterocycles. The van der Waals surface area contributed by atoms with E-state index in [4.69, 9.17) is 11.6 Å². The zero-order valence-corrected chi connectivity index (χ0v) is 18.7. The summed E-state index contributed by atoms with van der Waals surface area (Å²) in [4.78, 5) is 16.6. The van der Waals surface area contributed by atoms with Gasteiger partial charge in [-0.05, 0) is 88.8 Å². The Hall–Kier alpha value is -0.230. The lowest BCUT2D eigenvalue weighted by molar-refractivity contribution is 0.179. The third-order valence-corrected chi connectivity index (χ3v) is 7.68. The van der Waals surface area contributed by atoms with E-state index in [1.807, 2.05) is 17.0 Å². The number of benzene rings is 1. The van der Waals surface area contributed by atoms with Gasteiger partial charge in [-0.15, -0.1) is 0 Å². The summed E-state index contributed by atoms with van der Waals surface area (Å²) < 4.78 is 1.17. The van der Waals surface area contributed by atoms with Gasteiger partial charge in [0.2, 0.25) is 0 Å². The molecule has 3 nitrogen and oxygen atoms in total. The van der Waals surface area contributed by atoms with Gasteiger partial charge in [0.1, 0.15) is 0 Å². The van der Waals surface area contributed by atoms with Crippen molar-refractivity contribution in [1.29, 1.82) is 0 Å². The highest BCUT2D eigenvalue weighted by Crippen LogP contribution is 2.31. The molecule has 0 bridgehead atoms. The van der Waals surface area contributed by atoms with Crippen molar-refractivity contribution in [2.45, 2.75) is 50.8 Å². The molecule has 2 fully saturated rings. The molecule has 1 atom stereocenters. The van der Waals surface area contributed by atoms with Gasteiger partial charge in [0.25, 0.3) is 5.24 Å². The second-order valence-corrected chi connectivity index (χ2v) is 10.3. The Morgan fingerprint density at radius 3 is 2.69 bits per heavy atom. The van der Waals surface area contributed by atoms with Gasteiger partial charge in [0.15, 0.2) is 0 Å². The lowest BCUT2D eigenvalue weighted by Crippen LogP contribution is -2.36. The summed E-state index contributed by atoms with van der Waals surface area (Å²) in [6, 6.07) is 6.39. The molecule has 2 saturated heterocycles. The highest BCUT2D eigenvalue weighted by molar-refractivity contribution is 9.10. The number of hydrogen-bond acceptors (Lipinski definition) is 3. The average Bonchev–Trinajstić information content (AvgIpc) is 2.99. The van der Waals surface area contributed by atoms with E-state index in [9.17, 15) is 4.79 Å². The van der Waals surface area contributed by atoms with E-state index in [0.29, 0.717) is 11.3 Å². The maximum atomic E-state index is 12.0. The zero-order valence-electron chi connectivity index (χ0n) is 15.6. The standard InChI is InChI=1S/C20H28BrClN2OS/c1-14(2)24-13-18(26-20(24)25)7-10-23-8-5-15(6-9-23)11-16-12-17(22)3-4-19(16)21/h3-4,12,14-15,18H,5-11,13H2,1-2H3. The van der Waals surface area contributed by atoms with Gasteiger partial charge in [-0.25, -0.2) is 0 Å². The Morgan fingerprint density at radius 1 is 1.31 bits per heavy atom. The molecule has 0 aliphatic carbocycles. The van der Waals surface area contributed by atoms with E-state index in [0.717, 1.165) is 36.9 Å². The minimum Gasteiger partial charge on any atom is -0.330 e. The first-order valence-corrected chi connectivity index (χ1v) is 11.6. The molecule has 0 spiro atoms. The monoisotopic (exact) mass is 458 g/mol. The van der Waals surface area contributed by atoms with Gasteiger partial charge in [-0.3, -0.25) is 4.79 Å². The van der Waals surface area contributed by atoms with Crippen LogP contribution >= 0.6 is 39.3 Å². The van der Waals surface area contributed by atoms with Crippen LogP contribution in [-0.2, 0) is 6.42 Å². The van der Waals surface area contributed by atoms with Crippen molar-refractivity contribution in [2.24, 2.45) is 5.92 Å². The highest BCUT2D eigenvalue weighted by atomic mass is 79.9. The Bertz CT molecular complexity index is 634. The number of carbonyl (C=O) groups is 1. The molecule has 0 radical (unpaired) electrons. The number of hydrogen-bond donors (Lipinski definition) is 0. The summed E-state index contributed by atoms with van der Waals surface area (Å²) in [7, 11) is 0. The van der Waals surface area contributed by atoms with E-state index < -0.39 is 0 Å². The van der Waals surface area contributed by atoms with Crippen LogP contribution in [-0.4, -0.2) is 52.5 Å². The topological polar surface area (TPSA) is 23.6 Å². The van der Waals surface area contributed by atoms with Crippen molar-refractivity contribution < 1.29 is 4.79 Å². The summed E-state index contributed by atoms with van der Waals surface area (Å²) in [6.07, 6.45) is 4.71. The molecule has 26 heavy (non-hydrogen) atoms. The molecule has 2 aliphatic rings. The van der Waals surface area contributed by atoms with Crippen molar-refractivity contribution in [3.63, 3.8) is 0 Å². The number of thioether (sulfide) groups is 1. The lowest BCUT2D eigenvalue weighted by Gasteiger charge is -2.32. The number of carbonyl (C=O) groups excluding carboxylic acids is 1. The number of nitrogens with zero attached hydrogens (tertiary/aromatic N) is 2. The van der Waals surface area contributed by atoms with Gasteiger partial charge in [-0.2, -0.15) is 0 Å². The number of likely N-dealkylation sites (tertiary alicyclic amines) is 1. The summed E-state index contributed by atoms with van der Waals surface area (Å²) in [6.45, 7) is 8.57. The molecule has 1 aromatic carbocycles. The first-order valence-electron chi connectivity index (χ1n) is 9.56. The Balaban J connectivity index is 1.40. The zero-order chi connectivity index (χ0) is 18.7. The smallest absolute Gasteiger partial charge is 0.282 e. The Kier molecular flexibility index (Phi) is 7.34. The van der Waals surface area contributed by atoms with Crippen LogP contribution in [0.15, 0.2) is 22.7 Å². The SMILES string of the molecule is CC(C)N1CC(CCN2CCC(Cc3cc(Cl)ccc3Br)CC2)SC1=O. The fourth-order valence-corrected chi connectivity index (χ4v) is 5.63. The van der Waals surface area contributed by atoms with Crippen LogP contribution in [0, 0.1) is 5.92 Å². The normalized spacial score (nSPS) is 22.6. The molecule has 6 heteroatoms. The molecule has 2 heterocycles. The minimum atomic E-state index is 0.260. The second kappa shape index (κ2) is 9.31. The van der Waals surface area contributed by atoms with Crippen molar-refractivity contribution in [1.82, 2.24) is 9.80 Å². The number of piperidine rings is 1. The molecule has 1 aromatic rings. The van der Waals surface area contributed by atoms with Crippen LogP contribution in [0.2, 0.25) is 5.02 Å². The summed E-state index contributed by atoms with van der Waals surface area (Å²) in [5.41, 5.74) is 1.32. The fourth-order valence-electron chi connectivity index (χ4n) is 3.86. The third-order valence-electron chi connectivity index (χ3n) is 5.52. The van der Waals surface area contributed by atoms with Crippen LogP contribution in [0.25, 0.3) is 0 Å². The summed E-state index contributed by atoms with van der Waals surface area (Å²) >= 11 is 11.3. The van der Waals surface area contributed by atoms with Crippen LogP contribution < -0.4 is 0 Å². The van der Waals surface area contributed by atoms with Gasteiger partial charge in [-0.1, -0.05) is 39.3 Å². The van der Waals surface area contributed by atoms with Crippen molar-refractivity contribution in [3.8, 4) is 0 Å². The Labute approximate surface area is 175 Å². The molecule has 0 aromatic heterocycles. The van der Waals surface area contributed by atoms with E-state index in [1.54, 1.807) is 0 Å². The van der Waals surface area contributed by atoms with Crippen LogP contribution in [0.4, 0.5) is 4.79 Å². The molecule has 3 rings (SSSR count). The molecule has 0 N–H and O–H groups in total. The summed E-state index contributed by atoms with van der Waals surface area (Å²) in [5, 5.41) is 1.54. The molecular formula is C20H28BrClN2OS. The fraction of sp³-hybridized carbons (Fsp3) is 0.650. The van der Waals surface area contributed by atoms with E-state index in [2.05, 4.69) is 40.7 Å². The van der Waals surface area contributed by atoms with Gasteiger partial charge < -0.3 is 9.80 Å². The van der Waals surface area contributed by atoms with Crippen LogP contribution in [0.5, 0.6) is 0 Å². The number of rotatable bonds is 6. The van der Waals surface area contributed by atoms with Crippen molar-refractivity contribution in [2.75, 3.05) is 26.2 Å². The molecule has 144 valence electrons. The van der Waals surface area contributed by atoms with Crippen LogP contribution in [0.1, 0.15) is 38.7 Å². The first kappa shape index (κ1) is 20.5. The number of halogens is 2. The maximum Gasteiger partial charge on any atom is 0.282 e. The molecule has 1 unspecified atom stereocenters. The predicted octanol–water partition coefficient (Wildman–Crippen LogP) is 5.69. The van der Waals surface area contributed by atoms with Crippen LogP contribution in [0.3, 0.4) is 0 Å². The first-order chi connectivity index (χ1) is 12.4.